The van der Waals surface area contributed by atoms with E-state index in [0.29, 0.717) is 19.1 Å². The van der Waals surface area contributed by atoms with E-state index in [1.807, 2.05) is 4.90 Å². The van der Waals surface area contributed by atoms with Gasteiger partial charge in [-0.25, -0.2) is 0 Å². The van der Waals surface area contributed by atoms with Crippen LogP contribution < -0.4 is 10.6 Å². The van der Waals surface area contributed by atoms with E-state index in [2.05, 4.69) is 15.5 Å². The second-order valence-electron chi connectivity index (χ2n) is 7.60. The van der Waals surface area contributed by atoms with Crippen LogP contribution in [-0.4, -0.2) is 97.4 Å². The molecule has 0 saturated carbocycles. The maximum Gasteiger partial charge on any atom is 0.308 e. The molecule has 3 aliphatic heterocycles. The predicted octanol–water partition coefficient (Wildman–Crippen LogP) is -0.505. The van der Waals surface area contributed by atoms with Crippen molar-refractivity contribution in [1.29, 1.82) is 0 Å². The molecule has 3 aliphatic rings. The Morgan fingerprint density at radius 3 is 2.15 bits per heavy atom. The minimum atomic E-state index is -1.34. The summed E-state index contributed by atoms with van der Waals surface area (Å²) in [6.07, 6.45) is 4.29. The number of rotatable bonds is 7. The molecule has 1 unspecified atom stereocenters. The summed E-state index contributed by atoms with van der Waals surface area (Å²) in [5.74, 6) is -0.994. The summed E-state index contributed by atoms with van der Waals surface area (Å²) in [5, 5.41) is 16.1. The lowest BCUT2D eigenvalue weighted by atomic mass is 10.0. The van der Waals surface area contributed by atoms with Crippen LogP contribution in [-0.2, 0) is 14.3 Å². The van der Waals surface area contributed by atoms with Crippen LogP contribution in [0.15, 0.2) is 0 Å². The second kappa shape index (κ2) is 9.23. The third-order valence-electron chi connectivity index (χ3n) is 5.92. The number of carbonyl (C=O) groups excluding carboxylic acids is 1. The fraction of sp³-hybridized carbons (Fsp3) is 0.889. The molecule has 0 aromatic heterocycles. The first-order chi connectivity index (χ1) is 12.6. The van der Waals surface area contributed by atoms with Crippen LogP contribution in [0, 0.1) is 0 Å². The Balaban J connectivity index is 1.64. The number of carboxylic acid groups (broad SMARTS) is 1. The van der Waals surface area contributed by atoms with Gasteiger partial charge in [0.1, 0.15) is 0 Å². The summed E-state index contributed by atoms with van der Waals surface area (Å²) in [6, 6.07) is 0.592. The first kappa shape index (κ1) is 19.7. The highest BCUT2D eigenvalue weighted by atomic mass is 16.5. The van der Waals surface area contributed by atoms with Crippen LogP contribution in [0.4, 0.5) is 0 Å². The smallest absolute Gasteiger partial charge is 0.308 e. The van der Waals surface area contributed by atoms with Gasteiger partial charge < -0.3 is 20.5 Å². The van der Waals surface area contributed by atoms with Gasteiger partial charge in [0.15, 0.2) is 12.0 Å². The van der Waals surface area contributed by atoms with Crippen LogP contribution in [0.25, 0.3) is 0 Å². The van der Waals surface area contributed by atoms with E-state index < -0.39 is 11.7 Å². The number of nitrogens with one attached hydrogen (secondary N) is 2. The van der Waals surface area contributed by atoms with Crippen molar-refractivity contribution in [3.63, 3.8) is 0 Å². The monoisotopic (exact) mass is 368 g/mol. The molecule has 3 rings (SSSR count). The molecule has 3 N–H and O–H groups in total. The minimum absolute atomic E-state index is 0.0664. The molecule has 1 atom stereocenters. The van der Waals surface area contributed by atoms with Gasteiger partial charge in [-0.1, -0.05) is 0 Å². The maximum atomic E-state index is 12.1. The molecular formula is C18H32N4O4. The van der Waals surface area contributed by atoms with E-state index in [1.165, 1.54) is 0 Å². The van der Waals surface area contributed by atoms with Crippen LogP contribution in [0.3, 0.4) is 0 Å². The first-order valence-corrected chi connectivity index (χ1v) is 9.89. The number of hydrogen-bond donors (Lipinski definition) is 3. The Morgan fingerprint density at radius 2 is 1.62 bits per heavy atom. The molecule has 3 fully saturated rings. The van der Waals surface area contributed by atoms with Gasteiger partial charge in [-0.3, -0.25) is 19.4 Å². The standard InChI is InChI=1S/C18H32N4O4/c23-14-18(13-17(24)25,26-16-3-7-20-8-4-16)22-11-9-21(10-12-22)15-1-5-19-6-2-15/h14-16,19-20H,1-13H2,(H,24,25). The SMILES string of the molecule is O=CC(CC(=O)O)(OC1CCNCC1)N1CCN(C2CCNCC2)CC1. The summed E-state index contributed by atoms with van der Waals surface area (Å²) in [4.78, 5) is 28.0. The second-order valence-corrected chi connectivity index (χ2v) is 7.60. The average molecular weight is 368 g/mol. The van der Waals surface area contributed by atoms with Crippen molar-refractivity contribution in [3.05, 3.63) is 0 Å². The Morgan fingerprint density at radius 1 is 1.04 bits per heavy atom. The molecule has 0 spiro atoms. The van der Waals surface area contributed by atoms with Gasteiger partial charge >= 0.3 is 5.97 Å². The van der Waals surface area contributed by atoms with Gasteiger partial charge in [0.05, 0.1) is 12.5 Å². The lowest BCUT2D eigenvalue weighted by Gasteiger charge is -2.47. The van der Waals surface area contributed by atoms with E-state index in [1.54, 1.807) is 0 Å². The first-order valence-electron chi connectivity index (χ1n) is 9.89. The average Bonchev–Trinajstić information content (AvgIpc) is 2.69. The normalized spacial score (nSPS) is 27.1. The van der Waals surface area contributed by atoms with E-state index in [4.69, 9.17) is 4.74 Å². The molecule has 0 bridgehead atoms. The highest BCUT2D eigenvalue weighted by Crippen LogP contribution is 2.27. The molecule has 26 heavy (non-hydrogen) atoms. The van der Waals surface area contributed by atoms with Crippen molar-refractivity contribution in [2.75, 3.05) is 52.4 Å². The van der Waals surface area contributed by atoms with E-state index >= 15 is 0 Å². The number of hydrogen-bond acceptors (Lipinski definition) is 7. The summed E-state index contributed by atoms with van der Waals surface area (Å²) < 4.78 is 6.17. The van der Waals surface area contributed by atoms with Crippen LogP contribution in [0.5, 0.6) is 0 Å². The number of carbonyl (C=O) groups is 2. The van der Waals surface area contributed by atoms with Crippen molar-refractivity contribution < 1.29 is 19.4 Å². The molecule has 3 heterocycles. The molecule has 0 aromatic rings. The Hall–Kier alpha value is -1.06. The number of carboxylic acids is 1. The number of aliphatic carboxylic acids is 1. The van der Waals surface area contributed by atoms with Crippen LogP contribution in [0.1, 0.15) is 32.1 Å². The zero-order chi connectivity index (χ0) is 18.4. The van der Waals surface area contributed by atoms with Gasteiger partial charge in [0, 0.05) is 32.2 Å². The topological polar surface area (TPSA) is 94.1 Å². The molecule has 0 amide bonds. The number of ether oxygens (including phenoxy) is 1. The lowest BCUT2D eigenvalue weighted by molar-refractivity contribution is -0.201. The molecule has 0 radical (unpaired) electrons. The molecule has 0 aliphatic carbocycles. The molecule has 0 aromatic carbocycles. The highest BCUT2D eigenvalue weighted by Gasteiger charge is 2.44. The third kappa shape index (κ3) is 4.80. The largest absolute Gasteiger partial charge is 0.481 e. The van der Waals surface area contributed by atoms with Gasteiger partial charge in [0.25, 0.3) is 0 Å². The molecular weight excluding hydrogens is 336 g/mol. The summed E-state index contributed by atoms with van der Waals surface area (Å²) >= 11 is 0. The third-order valence-corrected chi connectivity index (χ3v) is 5.92. The summed E-state index contributed by atoms with van der Waals surface area (Å²) in [5.41, 5.74) is -1.34. The molecule has 148 valence electrons. The summed E-state index contributed by atoms with van der Waals surface area (Å²) in [6.45, 7) is 6.85. The van der Waals surface area contributed by atoms with Crippen molar-refractivity contribution in [2.24, 2.45) is 0 Å². The summed E-state index contributed by atoms with van der Waals surface area (Å²) in [7, 11) is 0. The van der Waals surface area contributed by atoms with Crippen molar-refractivity contribution in [3.8, 4) is 0 Å². The molecule has 8 heteroatoms. The fourth-order valence-corrected chi connectivity index (χ4v) is 4.43. The molecule has 3 saturated heterocycles. The zero-order valence-electron chi connectivity index (χ0n) is 15.5. The van der Waals surface area contributed by atoms with Gasteiger partial charge in [0.2, 0.25) is 0 Å². The predicted molar refractivity (Wildman–Crippen MR) is 97.1 cm³/mol. The number of aldehydes is 1. The highest BCUT2D eigenvalue weighted by molar-refractivity contribution is 5.76. The van der Waals surface area contributed by atoms with Gasteiger partial charge in [-0.15, -0.1) is 0 Å². The quantitative estimate of drug-likeness (QED) is 0.518. The van der Waals surface area contributed by atoms with Crippen LogP contribution in [0.2, 0.25) is 0 Å². The number of piperidine rings is 2. The van der Waals surface area contributed by atoms with E-state index in [0.717, 1.165) is 71.2 Å². The maximum absolute atomic E-state index is 12.1. The molecule has 8 nitrogen and oxygen atoms in total. The van der Waals surface area contributed by atoms with Gasteiger partial charge in [-0.2, -0.15) is 0 Å². The number of piperazine rings is 1. The Kier molecular flexibility index (Phi) is 6.99. The van der Waals surface area contributed by atoms with Gasteiger partial charge in [-0.05, 0) is 51.9 Å². The zero-order valence-corrected chi connectivity index (χ0v) is 15.5. The lowest BCUT2D eigenvalue weighted by Crippen LogP contribution is -2.62. The fourth-order valence-electron chi connectivity index (χ4n) is 4.43. The van der Waals surface area contributed by atoms with Crippen molar-refractivity contribution in [2.45, 2.75) is 50.0 Å². The van der Waals surface area contributed by atoms with E-state index in [-0.39, 0.29) is 12.5 Å². The van der Waals surface area contributed by atoms with Crippen molar-refractivity contribution in [1.82, 2.24) is 20.4 Å². The Labute approximate surface area is 155 Å². The van der Waals surface area contributed by atoms with Crippen LogP contribution >= 0.6 is 0 Å². The van der Waals surface area contributed by atoms with Crippen molar-refractivity contribution >= 4 is 12.3 Å². The number of nitrogens with zero attached hydrogens (tertiary/aromatic N) is 2. The van der Waals surface area contributed by atoms with E-state index in [9.17, 15) is 14.7 Å². The minimum Gasteiger partial charge on any atom is -0.481 e. The Bertz CT molecular complexity index is 472.